The molecule has 1 heterocycles. The molecule has 1 aliphatic heterocycles. The van der Waals surface area contributed by atoms with Gasteiger partial charge in [0.1, 0.15) is 0 Å². The van der Waals surface area contributed by atoms with Crippen LogP contribution in [0.15, 0.2) is 0 Å². The largest absolute Gasteiger partial charge is 0.481 e. The molecule has 0 aromatic heterocycles. The molecule has 0 aliphatic carbocycles. The fraction of sp³-hybridized carbons (Fsp3) is 0.909. The molecule has 18 heavy (non-hydrogen) atoms. The van der Waals surface area contributed by atoms with Gasteiger partial charge in [-0.2, -0.15) is 0 Å². The zero-order valence-corrected chi connectivity index (χ0v) is 11.5. The van der Waals surface area contributed by atoms with Crippen molar-refractivity contribution in [1.82, 2.24) is 4.90 Å². The normalized spacial score (nSPS) is 23.8. The summed E-state index contributed by atoms with van der Waals surface area (Å²) in [5.74, 6) is -0.355. The number of aliphatic carboxylic acids is 1. The highest BCUT2D eigenvalue weighted by molar-refractivity contribution is 7.89. The van der Waals surface area contributed by atoms with E-state index in [2.05, 4.69) is 4.90 Å². The molecule has 1 fully saturated rings. The standard InChI is InChI=1S/C11H22N2O4S/c1-9(7-11(14)15)10-3-2-4-13(8-10)5-6-18(12,16)17/h9-10H,2-8H2,1H3,(H,14,15)(H2,12,16,17). The molecule has 2 unspecified atom stereocenters. The second-order valence-corrected chi connectivity index (χ2v) is 6.88. The van der Waals surface area contributed by atoms with Gasteiger partial charge in [-0.25, -0.2) is 13.6 Å². The minimum atomic E-state index is -3.42. The Morgan fingerprint density at radius 2 is 2.22 bits per heavy atom. The maximum absolute atomic E-state index is 10.9. The average Bonchev–Trinajstić information content (AvgIpc) is 2.25. The number of piperidine rings is 1. The zero-order valence-electron chi connectivity index (χ0n) is 10.7. The van der Waals surface area contributed by atoms with Crippen molar-refractivity contribution in [3.63, 3.8) is 0 Å². The Labute approximate surface area is 108 Å². The summed E-state index contributed by atoms with van der Waals surface area (Å²) in [7, 11) is -3.42. The van der Waals surface area contributed by atoms with Gasteiger partial charge in [0.2, 0.25) is 10.0 Å². The number of nitrogens with zero attached hydrogens (tertiary/aromatic N) is 1. The van der Waals surface area contributed by atoms with Crippen molar-refractivity contribution in [3.8, 4) is 0 Å². The second-order valence-electron chi connectivity index (χ2n) is 5.15. The average molecular weight is 278 g/mol. The van der Waals surface area contributed by atoms with E-state index in [0.29, 0.717) is 12.5 Å². The predicted molar refractivity (Wildman–Crippen MR) is 68.6 cm³/mol. The van der Waals surface area contributed by atoms with Gasteiger partial charge in [-0.05, 0) is 31.2 Å². The van der Waals surface area contributed by atoms with Gasteiger partial charge in [0.15, 0.2) is 0 Å². The Morgan fingerprint density at radius 1 is 1.56 bits per heavy atom. The van der Waals surface area contributed by atoms with Crippen LogP contribution in [0.5, 0.6) is 0 Å². The minimum Gasteiger partial charge on any atom is -0.481 e. The van der Waals surface area contributed by atoms with Gasteiger partial charge in [0, 0.05) is 19.5 Å². The van der Waals surface area contributed by atoms with Crippen LogP contribution >= 0.6 is 0 Å². The summed E-state index contributed by atoms with van der Waals surface area (Å²) in [4.78, 5) is 12.7. The van der Waals surface area contributed by atoms with Crippen LogP contribution in [-0.2, 0) is 14.8 Å². The third-order valence-corrected chi connectivity index (χ3v) is 4.29. The second kappa shape index (κ2) is 6.49. The number of hydrogen-bond acceptors (Lipinski definition) is 4. The molecule has 1 aliphatic rings. The van der Waals surface area contributed by atoms with Crippen molar-refractivity contribution in [2.75, 3.05) is 25.4 Å². The van der Waals surface area contributed by atoms with Crippen LogP contribution < -0.4 is 5.14 Å². The summed E-state index contributed by atoms with van der Waals surface area (Å²) < 4.78 is 21.8. The van der Waals surface area contributed by atoms with Gasteiger partial charge in [-0.15, -0.1) is 0 Å². The highest BCUT2D eigenvalue weighted by Gasteiger charge is 2.26. The summed E-state index contributed by atoms with van der Waals surface area (Å²) in [6, 6.07) is 0. The van der Waals surface area contributed by atoms with Crippen molar-refractivity contribution in [1.29, 1.82) is 0 Å². The van der Waals surface area contributed by atoms with Crippen molar-refractivity contribution >= 4 is 16.0 Å². The van der Waals surface area contributed by atoms with E-state index in [1.165, 1.54) is 0 Å². The lowest BCUT2D eigenvalue weighted by Crippen LogP contribution is -2.41. The summed E-state index contributed by atoms with van der Waals surface area (Å²) in [6.45, 7) is 4.02. The van der Waals surface area contributed by atoms with Crippen molar-refractivity contribution in [2.45, 2.75) is 26.2 Å². The Bertz CT molecular complexity index is 383. The Morgan fingerprint density at radius 3 is 2.78 bits per heavy atom. The van der Waals surface area contributed by atoms with E-state index in [1.54, 1.807) is 0 Å². The third kappa shape index (κ3) is 5.79. The molecule has 0 bridgehead atoms. The van der Waals surface area contributed by atoms with Gasteiger partial charge in [-0.1, -0.05) is 6.92 Å². The van der Waals surface area contributed by atoms with Crippen LogP contribution in [0.25, 0.3) is 0 Å². The van der Waals surface area contributed by atoms with E-state index in [0.717, 1.165) is 25.9 Å². The Kier molecular flexibility index (Phi) is 5.55. The van der Waals surface area contributed by atoms with E-state index in [-0.39, 0.29) is 18.1 Å². The molecule has 1 rings (SSSR count). The summed E-state index contributed by atoms with van der Waals surface area (Å²) in [5.41, 5.74) is 0. The van der Waals surface area contributed by atoms with E-state index in [4.69, 9.17) is 10.2 Å². The molecular weight excluding hydrogens is 256 g/mol. The first-order chi connectivity index (χ1) is 8.28. The highest BCUT2D eigenvalue weighted by atomic mass is 32.2. The molecule has 0 amide bonds. The molecule has 0 saturated carbocycles. The van der Waals surface area contributed by atoms with Gasteiger partial charge >= 0.3 is 5.97 Å². The van der Waals surface area contributed by atoms with Gasteiger partial charge in [0.05, 0.1) is 5.75 Å². The maximum atomic E-state index is 10.9. The first kappa shape index (κ1) is 15.4. The molecule has 3 N–H and O–H groups in total. The zero-order chi connectivity index (χ0) is 13.8. The van der Waals surface area contributed by atoms with E-state index in [9.17, 15) is 13.2 Å². The summed E-state index contributed by atoms with van der Waals surface area (Å²) in [6.07, 6.45) is 2.17. The molecule has 0 radical (unpaired) electrons. The van der Waals surface area contributed by atoms with Gasteiger partial charge in [-0.3, -0.25) is 4.79 Å². The number of carboxylic acid groups (broad SMARTS) is 1. The van der Waals surface area contributed by atoms with Crippen molar-refractivity contribution in [3.05, 3.63) is 0 Å². The third-order valence-electron chi connectivity index (χ3n) is 3.54. The summed E-state index contributed by atoms with van der Waals surface area (Å²) >= 11 is 0. The number of likely N-dealkylation sites (tertiary alicyclic amines) is 1. The molecule has 106 valence electrons. The monoisotopic (exact) mass is 278 g/mol. The number of carboxylic acids is 1. The van der Waals surface area contributed by atoms with Crippen molar-refractivity contribution in [2.24, 2.45) is 17.0 Å². The highest BCUT2D eigenvalue weighted by Crippen LogP contribution is 2.25. The predicted octanol–water partition coefficient (Wildman–Crippen LogP) is 0.0977. The molecule has 0 spiro atoms. The van der Waals surface area contributed by atoms with Gasteiger partial charge < -0.3 is 10.0 Å². The number of nitrogens with two attached hydrogens (primary N) is 1. The fourth-order valence-electron chi connectivity index (χ4n) is 2.46. The van der Waals surface area contributed by atoms with E-state index < -0.39 is 16.0 Å². The van der Waals surface area contributed by atoms with Crippen LogP contribution in [0.1, 0.15) is 26.2 Å². The van der Waals surface area contributed by atoms with Gasteiger partial charge in [0.25, 0.3) is 0 Å². The van der Waals surface area contributed by atoms with Crippen LogP contribution in [-0.4, -0.2) is 49.8 Å². The number of carbonyl (C=O) groups is 1. The maximum Gasteiger partial charge on any atom is 0.303 e. The SMILES string of the molecule is CC(CC(=O)O)C1CCCN(CCS(N)(=O)=O)C1. The molecule has 0 aromatic rings. The number of rotatable bonds is 6. The smallest absolute Gasteiger partial charge is 0.303 e. The molecular formula is C11H22N2O4S. The van der Waals surface area contributed by atoms with Crippen LogP contribution in [0.2, 0.25) is 0 Å². The molecule has 6 nitrogen and oxygen atoms in total. The molecule has 2 atom stereocenters. The van der Waals surface area contributed by atoms with Crippen LogP contribution in [0.4, 0.5) is 0 Å². The molecule has 1 saturated heterocycles. The van der Waals surface area contributed by atoms with Crippen LogP contribution in [0.3, 0.4) is 0 Å². The quantitative estimate of drug-likeness (QED) is 0.717. The minimum absolute atomic E-state index is 0.0347. The number of hydrogen-bond donors (Lipinski definition) is 2. The Hall–Kier alpha value is -0.660. The Balaban J connectivity index is 2.43. The summed E-state index contributed by atoms with van der Waals surface area (Å²) in [5, 5.41) is 13.8. The first-order valence-electron chi connectivity index (χ1n) is 6.22. The van der Waals surface area contributed by atoms with Crippen molar-refractivity contribution < 1.29 is 18.3 Å². The lowest BCUT2D eigenvalue weighted by Gasteiger charge is -2.35. The lowest BCUT2D eigenvalue weighted by atomic mass is 9.85. The van der Waals surface area contributed by atoms with E-state index in [1.807, 2.05) is 6.92 Å². The fourth-order valence-corrected chi connectivity index (χ4v) is 2.97. The number of primary sulfonamides is 1. The van der Waals surface area contributed by atoms with E-state index >= 15 is 0 Å². The topological polar surface area (TPSA) is 101 Å². The molecule has 0 aromatic carbocycles. The number of sulfonamides is 1. The molecule has 7 heteroatoms. The van der Waals surface area contributed by atoms with Crippen LogP contribution in [0, 0.1) is 11.8 Å². The first-order valence-corrected chi connectivity index (χ1v) is 7.94. The lowest BCUT2D eigenvalue weighted by molar-refractivity contribution is -0.138.